The monoisotopic (exact) mass is 280 g/mol. The first-order chi connectivity index (χ1) is 9.49. The number of carbonyl (C=O) groups is 2. The second-order valence-electron chi connectivity index (χ2n) is 4.10. The maximum Gasteiger partial charge on any atom is 0.561 e. The highest BCUT2D eigenvalue weighted by Crippen LogP contribution is 2.39. The summed E-state index contributed by atoms with van der Waals surface area (Å²) in [6, 6.07) is 6.33. The standard InChI is InChI=1S/C13H14NO6/c1-2-19-12(16)14(18)11-6-4-3-5-10(11)7-8-13(14,17)20-9-15/h3-9,17-18H,2H2,1H3/q+1. The van der Waals surface area contributed by atoms with Crippen molar-refractivity contribution >= 4 is 24.3 Å². The number of hydrogen-bond acceptors (Lipinski definition) is 6. The molecule has 7 nitrogen and oxygen atoms in total. The summed E-state index contributed by atoms with van der Waals surface area (Å²) in [5.41, 5.74) is 0.528. The van der Waals surface area contributed by atoms with Crippen LogP contribution in [0.1, 0.15) is 12.5 Å². The largest absolute Gasteiger partial charge is 0.561 e. The number of ether oxygens (including phenoxy) is 2. The molecule has 1 heterocycles. The third-order valence-electron chi connectivity index (χ3n) is 2.98. The number of aliphatic hydroxyl groups is 1. The fourth-order valence-electron chi connectivity index (χ4n) is 2.03. The van der Waals surface area contributed by atoms with Gasteiger partial charge in [0.1, 0.15) is 0 Å². The Kier molecular flexibility index (Phi) is 3.58. The topological polar surface area (TPSA) is 93.1 Å². The normalized spacial score (nSPS) is 27.6. The fraction of sp³-hybridized carbons (Fsp3) is 0.231. The van der Waals surface area contributed by atoms with Crippen LogP contribution in [0.4, 0.5) is 10.5 Å². The van der Waals surface area contributed by atoms with Crippen molar-refractivity contribution in [1.29, 1.82) is 0 Å². The third kappa shape index (κ3) is 1.88. The Morgan fingerprint density at radius 2 is 2.15 bits per heavy atom. The summed E-state index contributed by atoms with van der Waals surface area (Å²) >= 11 is 0. The molecule has 0 radical (unpaired) electrons. The van der Waals surface area contributed by atoms with Gasteiger partial charge in [0.2, 0.25) is 0 Å². The second kappa shape index (κ2) is 5.04. The predicted octanol–water partition coefficient (Wildman–Crippen LogP) is 1.39. The van der Waals surface area contributed by atoms with Gasteiger partial charge in [0.25, 0.3) is 6.47 Å². The van der Waals surface area contributed by atoms with Gasteiger partial charge in [0.05, 0.1) is 12.7 Å². The maximum atomic E-state index is 12.1. The van der Waals surface area contributed by atoms with Crippen LogP contribution in [0.15, 0.2) is 30.3 Å². The van der Waals surface area contributed by atoms with Crippen molar-refractivity contribution in [2.75, 3.05) is 6.61 Å². The Labute approximate surface area is 114 Å². The zero-order valence-corrected chi connectivity index (χ0v) is 10.7. The highest BCUT2D eigenvalue weighted by Gasteiger charge is 2.63. The van der Waals surface area contributed by atoms with E-state index in [1.165, 1.54) is 12.1 Å². The van der Waals surface area contributed by atoms with Gasteiger partial charge in [-0.2, -0.15) is 10.0 Å². The molecule has 1 aliphatic heterocycles. The molecule has 1 amide bonds. The molecule has 0 saturated carbocycles. The van der Waals surface area contributed by atoms with E-state index >= 15 is 0 Å². The quantitative estimate of drug-likeness (QED) is 0.376. The van der Waals surface area contributed by atoms with Crippen molar-refractivity contribution in [3.63, 3.8) is 0 Å². The Bertz CT molecular complexity index is 572. The molecule has 1 aliphatic rings. The van der Waals surface area contributed by atoms with Gasteiger partial charge in [-0.25, -0.2) is 0 Å². The molecule has 1 aromatic carbocycles. The van der Waals surface area contributed by atoms with Crippen LogP contribution < -0.4 is 4.65 Å². The minimum atomic E-state index is -2.58. The molecule has 2 unspecified atom stereocenters. The number of hydroxylamine groups is 2. The van der Waals surface area contributed by atoms with Crippen LogP contribution in [0.25, 0.3) is 6.08 Å². The van der Waals surface area contributed by atoms with Gasteiger partial charge in [0, 0.05) is 16.3 Å². The average Bonchev–Trinajstić information content (AvgIpc) is 2.44. The van der Waals surface area contributed by atoms with E-state index < -0.39 is 16.7 Å². The predicted molar refractivity (Wildman–Crippen MR) is 68.2 cm³/mol. The highest BCUT2D eigenvalue weighted by atomic mass is 16.8. The fourth-order valence-corrected chi connectivity index (χ4v) is 2.03. The van der Waals surface area contributed by atoms with E-state index in [1.807, 2.05) is 0 Å². The highest BCUT2D eigenvalue weighted by molar-refractivity contribution is 5.87. The number of hydrogen-bond donors (Lipinski definition) is 2. The van der Waals surface area contributed by atoms with E-state index in [1.54, 1.807) is 25.1 Å². The first kappa shape index (κ1) is 14.2. The molecule has 1 aromatic rings. The summed E-state index contributed by atoms with van der Waals surface area (Å²) in [5.74, 6) is -2.58. The molecule has 0 saturated heterocycles. The number of amides is 1. The van der Waals surface area contributed by atoms with Crippen LogP contribution in [0, 0.1) is 0 Å². The van der Waals surface area contributed by atoms with Gasteiger partial charge >= 0.3 is 12.0 Å². The maximum absolute atomic E-state index is 12.1. The van der Waals surface area contributed by atoms with Crippen LogP contribution >= 0.6 is 0 Å². The number of carbonyl (C=O) groups excluding carboxylic acids is 2. The van der Waals surface area contributed by atoms with E-state index in [0.717, 1.165) is 6.08 Å². The molecule has 0 fully saturated rings. The Hall–Kier alpha value is -2.22. The summed E-state index contributed by atoms with van der Waals surface area (Å²) in [7, 11) is 0. The van der Waals surface area contributed by atoms with Gasteiger partial charge < -0.3 is 14.6 Å². The number of nitrogens with zero attached hydrogens (tertiary/aromatic N) is 1. The lowest BCUT2D eigenvalue weighted by Crippen LogP contribution is -2.68. The van der Waals surface area contributed by atoms with Gasteiger partial charge in [-0.15, -0.1) is 0 Å². The van der Waals surface area contributed by atoms with Gasteiger partial charge in [-0.3, -0.25) is 4.79 Å². The van der Waals surface area contributed by atoms with Crippen molar-refractivity contribution in [2.24, 2.45) is 0 Å². The van der Waals surface area contributed by atoms with Crippen LogP contribution in [0.5, 0.6) is 0 Å². The summed E-state index contributed by atoms with van der Waals surface area (Å²) in [5, 5.41) is 21.0. The number of quaternary nitrogens is 1. The molecule has 20 heavy (non-hydrogen) atoms. The molecule has 2 rings (SSSR count). The molecular weight excluding hydrogens is 266 g/mol. The molecule has 2 N–H and O–H groups in total. The first-order valence-corrected chi connectivity index (χ1v) is 5.91. The third-order valence-corrected chi connectivity index (χ3v) is 2.98. The van der Waals surface area contributed by atoms with Crippen molar-refractivity contribution in [3.8, 4) is 0 Å². The van der Waals surface area contributed by atoms with Crippen LogP contribution in [0.3, 0.4) is 0 Å². The van der Waals surface area contributed by atoms with Crippen LogP contribution in [-0.4, -0.2) is 35.4 Å². The number of benzene rings is 1. The van der Waals surface area contributed by atoms with E-state index in [-0.39, 0.29) is 18.8 Å². The molecule has 7 heteroatoms. The smallest absolute Gasteiger partial charge is 0.418 e. The molecular formula is C13H14NO6+. The SMILES string of the molecule is CCOC(=O)[N+]1(O)c2ccccc2C=CC1(O)OC=O. The van der Waals surface area contributed by atoms with Gasteiger partial charge in [0.15, 0.2) is 5.69 Å². The van der Waals surface area contributed by atoms with Gasteiger partial charge in [-0.1, -0.05) is 12.1 Å². The van der Waals surface area contributed by atoms with Crippen molar-refractivity contribution in [2.45, 2.75) is 12.8 Å². The lowest BCUT2D eigenvalue weighted by atomic mass is 10.1. The first-order valence-electron chi connectivity index (χ1n) is 5.91. The number of para-hydroxylation sites is 1. The molecule has 0 spiro atoms. The molecule has 106 valence electrons. The van der Waals surface area contributed by atoms with Crippen LogP contribution in [0.2, 0.25) is 0 Å². The minimum absolute atomic E-state index is 0.0115. The van der Waals surface area contributed by atoms with Crippen molar-refractivity contribution < 1.29 is 29.4 Å². The molecule has 0 aliphatic carbocycles. The van der Waals surface area contributed by atoms with Crippen molar-refractivity contribution in [1.82, 2.24) is 4.65 Å². The Balaban J connectivity index is 2.64. The zero-order chi connectivity index (χ0) is 14.8. The Morgan fingerprint density at radius 3 is 2.80 bits per heavy atom. The molecule has 0 bridgehead atoms. The summed E-state index contributed by atoms with van der Waals surface area (Å²) in [6.45, 7) is 1.48. The van der Waals surface area contributed by atoms with E-state index in [2.05, 4.69) is 4.74 Å². The van der Waals surface area contributed by atoms with Gasteiger partial charge in [-0.05, 0) is 19.1 Å². The molecule has 2 atom stereocenters. The van der Waals surface area contributed by atoms with Crippen LogP contribution in [-0.2, 0) is 14.3 Å². The molecule has 0 aromatic heterocycles. The lowest BCUT2D eigenvalue weighted by Gasteiger charge is -2.37. The Morgan fingerprint density at radius 1 is 1.45 bits per heavy atom. The van der Waals surface area contributed by atoms with E-state index in [4.69, 9.17) is 4.74 Å². The lowest BCUT2D eigenvalue weighted by molar-refractivity contribution is -0.303. The van der Waals surface area contributed by atoms with E-state index in [0.29, 0.717) is 5.56 Å². The summed E-state index contributed by atoms with van der Waals surface area (Å²) in [4.78, 5) is 22.7. The second-order valence-corrected chi connectivity index (χ2v) is 4.10. The number of fused-ring (bicyclic) bond motifs is 1. The summed E-state index contributed by atoms with van der Waals surface area (Å²) < 4.78 is 7.58. The van der Waals surface area contributed by atoms with Crippen molar-refractivity contribution in [3.05, 3.63) is 35.9 Å². The minimum Gasteiger partial charge on any atom is -0.418 e. The van der Waals surface area contributed by atoms with E-state index in [9.17, 15) is 19.9 Å². The average molecular weight is 280 g/mol. The number of rotatable bonds is 3. The zero-order valence-electron chi connectivity index (χ0n) is 10.7. The summed E-state index contributed by atoms with van der Waals surface area (Å²) in [6.07, 6.45) is 1.29.